The van der Waals surface area contributed by atoms with E-state index in [4.69, 9.17) is 0 Å². The number of hydrogen-bond donors (Lipinski definition) is 1. The Morgan fingerprint density at radius 1 is 0.237 bits per heavy atom. The number of benzene rings is 5. The van der Waals surface area contributed by atoms with Crippen molar-refractivity contribution in [2.24, 2.45) is 0 Å². The lowest BCUT2D eigenvalue weighted by atomic mass is 9.12. The van der Waals surface area contributed by atoms with Crippen LogP contribution >= 0.6 is 0 Å². The Morgan fingerprint density at radius 2 is 0.412 bits per heavy atom. The van der Waals surface area contributed by atoms with Crippen LogP contribution in [-0.2, 0) is 0 Å². The summed E-state index contributed by atoms with van der Waals surface area (Å²) < 4.78 is 294. The van der Waals surface area contributed by atoms with Crippen molar-refractivity contribution in [2.45, 2.75) is 174 Å². The van der Waals surface area contributed by atoms with Gasteiger partial charge in [-0.05, 0) is 25.0 Å². The normalized spacial score (nSPS) is 11.7. The van der Waals surface area contributed by atoms with Crippen LogP contribution in [0.1, 0.15) is 174 Å². The van der Waals surface area contributed by atoms with E-state index in [1.165, 1.54) is 179 Å². The molecule has 1 nitrogen and oxygen atoms in total. The molecule has 5 aromatic carbocycles. The number of nitrogens with two attached hydrogens (primary N) is 1. The predicted molar refractivity (Wildman–Crippen MR) is 268 cm³/mol. The molecule has 0 spiro atoms. The lowest BCUT2D eigenvalue weighted by Crippen LogP contribution is -2.81. The zero-order valence-corrected chi connectivity index (χ0v) is 44.2. The minimum absolute atomic E-state index is 1.24. The first-order chi connectivity index (χ1) is 38.1. The van der Waals surface area contributed by atoms with Crippen LogP contribution in [0.25, 0.3) is 0 Å². The summed E-state index contributed by atoms with van der Waals surface area (Å²) in [5, 5.41) is 2.39. The van der Waals surface area contributed by atoms with Gasteiger partial charge in [0.25, 0.3) is 0 Å². The molecule has 0 aromatic heterocycles. The van der Waals surface area contributed by atoms with Gasteiger partial charge in [-0.1, -0.05) is 179 Å². The molecule has 5 rings (SSSR count). The molecule has 444 valence electrons. The van der Waals surface area contributed by atoms with E-state index in [0.29, 0.717) is 0 Å². The third-order valence-corrected chi connectivity index (χ3v) is 14.4. The molecule has 5 aromatic rings. The maximum absolute atomic E-state index is 15.4. The standard InChI is InChI=1S/C34H63N.C24BF20/c1-2-3-4-5-6-7-8-9-10-11-12-13-14-15-16-17-18-19-20-21-22-23-24-25-26-30-33-35-34-31-28-27-29-32-34;26-5-1(6(27)14(35)21(42)13(5)34)25(2-7(28)15(36)22(43)16(37)8(2)29,3-9(30)17(38)23(44)18(39)10(3)31)4-11(32)19(40)24(45)20(41)12(4)33/h27-29,31-32,35H,2-26,30,33H2,1H3;/q;-1/p+1. The molecule has 0 aliphatic heterocycles. The fourth-order valence-electron chi connectivity index (χ4n) is 10.2. The van der Waals surface area contributed by atoms with Crippen LogP contribution in [0.4, 0.5) is 93.5 Å². The molecule has 0 amide bonds. The van der Waals surface area contributed by atoms with Gasteiger partial charge in [0, 0.05) is 0 Å². The fourth-order valence-corrected chi connectivity index (χ4v) is 10.2. The maximum atomic E-state index is 15.4. The van der Waals surface area contributed by atoms with Gasteiger partial charge in [0.05, 0.1) is 6.54 Å². The second kappa shape index (κ2) is 33.0. The second-order valence-corrected chi connectivity index (χ2v) is 20.0. The van der Waals surface area contributed by atoms with Crippen molar-refractivity contribution >= 4 is 33.7 Å². The molecular formula is C58H64BF20N. The van der Waals surface area contributed by atoms with Gasteiger partial charge in [-0.15, -0.1) is 21.9 Å². The summed E-state index contributed by atoms with van der Waals surface area (Å²) in [6, 6.07) is 10.8. The van der Waals surface area contributed by atoms with Gasteiger partial charge in [0.15, 0.2) is 69.8 Å². The highest BCUT2D eigenvalue weighted by Gasteiger charge is 2.52. The summed E-state index contributed by atoms with van der Waals surface area (Å²) in [5.74, 6) is -71.4. The molecule has 0 heterocycles. The van der Waals surface area contributed by atoms with E-state index >= 15 is 35.1 Å². The van der Waals surface area contributed by atoms with Crippen molar-refractivity contribution in [1.29, 1.82) is 0 Å². The summed E-state index contributed by atoms with van der Waals surface area (Å²) in [7, 11) is 0. The number of rotatable bonds is 32. The highest BCUT2D eigenvalue weighted by Crippen LogP contribution is 2.31. The van der Waals surface area contributed by atoms with Crippen molar-refractivity contribution in [3.63, 3.8) is 0 Å². The average Bonchev–Trinajstić information content (AvgIpc) is 3.40. The second-order valence-electron chi connectivity index (χ2n) is 20.0. The van der Waals surface area contributed by atoms with Crippen LogP contribution in [0.3, 0.4) is 0 Å². The van der Waals surface area contributed by atoms with Gasteiger partial charge in [-0.2, -0.15) is 0 Å². The first-order valence-corrected chi connectivity index (χ1v) is 27.2. The summed E-state index contributed by atoms with van der Waals surface area (Å²) in [6.45, 7) is 3.54. The highest BCUT2D eigenvalue weighted by molar-refractivity contribution is 7.20. The van der Waals surface area contributed by atoms with E-state index < -0.39 is 144 Å². The van der Waals surface area contributed by atoms with Crippen LogP contribution in [-0.4, -0.2) is 12.7 Å². The van der Waals surface area contributed by atoms with E-state index in [9.17, 15) is 52.7 Å². The maximum Gasteiger partial charge on any atom is 0.200 e. The monoisotopic (exact) mass is 1170 g/mol. The minimum atomic E-state index is -7.22. The molecule has 0 radical (unpaired) electrons. The molecule has 0 unspecified atom stereocenters. The SMILES string of the molecule is CCCCCCCCCCCCCCCCCCCCCCCCCCCC[NH2+]c1ccccc1.Fc1c(F)c(F)c([B-](c2c(F)c(F)c(F)c(F)c2F)(c2c(F)c(F)c(F)c(F)c2F)c2c(F)c(F)c(F)c(F)c2F)c(F)c1F. The Morgan fingerprint density at radius 3 is 0.613 bits per heavy atom. The summed E-state index contributed by atoms with van der Waals surface area (Å²) in [6.07, 6.45) is 30.9. The number of unbranched alkanes of at least 4 members (excludes halogenated alkanes) is 25. The van der Waals surface area contributed by atoms with Gasteiger partial charge in [-0.25, -0.2) is 87.8 Å². The van der Waals surface area contributed by atoms with Crippen LogP contribution < -0.4 is 27.2 Å². The summed E-state index contributed by atoms with van der Waals surface area (Å²) in [5.41, 5.74) is -12.9. The average molecular weight is 1170 g/mol. The number of hydrogen-bond acceptors (Lipinski definition) is 0. The molecule has 2 N–H and O–H groups in total. The third-order valence-electron chi connectivity index (χ3n) is 14.4. The predicted octanol–water partition coefficient (Wildman–Crippen LogP) is 16.9. The van der Waals surface area contributed by atoms with Gasteiger partial charge < -0.3 is 5.32 Å². The van der Waals surface area contributed by atoms with Crippen LogP contribution in [0, 0.1) is 116 Å². The smallest absolute Gasteiger partial charge is 0.200 e. The number of para-hydroxylation sites is 1. The molecular weight excluding hydrogens is 1100 g/mol. The van der Waals surface area contributed by atoms with Crippen molar-refractivity contribution in [1.82, 2.24) is 0 Å². The van der Waals surface area contributed by atoms with Crippen molar-refractivity contribution in [3.05, 3.63) is 147 Å². The Labute approximate surface area is 452 Å². The topological polar surface area (TPSA) is 16.6 Å². The van der Waals surface area contributed by atoms with Crippen LogP contribution in [0.15, 0.2) is 30.3 Å². The first kappa shape index (κ1) is 67.2. The number of halogens is 20. The van der Waals surface area contributed by atoms with Crippen LogP contribution in [0.2, 0.25) is 0 Å². The zero-order valence-electron chi connectivity index (χ0n) is 44.2. The zero-order chi connectivity index (χ0) is 59.3. The quantitative estimate of drug-likeness (QED) is 0.0110. The fraction of sp³-hybridized carbons (Fsp3) is 0.483. The molecule has 0 saturated carbocycles. The molecule has 0 aliphatic carbocycles. The Bertz CT molecular complexity index is 2390. The van der Waals surface area contributed by atoms with Crippen molar-refractivity contribution < 1.29 is 93.1 Å². The summed E-state index contributed by atoms with van der Waals surface area (Å²) in [4.78, 5) is 0. The van der Waals surface area contributed by atoms with Gasteiger partial charge >= 0.3 is 0 Å². The van der Waals surface area contributed by atoms with E-state index in [1.54, 1.807) is 0 Å². The molecule has 0 saturated heterocycles. The van der Waals surface area contributed by atoms with Gasteiger partial charge in [-0.3, -0.25) is 0 Å². The molecule has 22 heteroatoms. The highest BCUT2D eigenvalue weighted by atomic mass is 19.2. The van der Waals surface area contributed by atoms with E-state index in [1.807, 2.05) is 0 Å². The van der Waals surface area contributed by atoms with Gasteiger partial charge in [0.2, 0.25) is 0 Å². The molecule has 0 aliphatic rings. The van der Waals surface area contributed by atoms with Crippen molar-refractivity contribution in [2.75, 3.05) is 6.54 Å². The third kappa shape index (κ3) is 16.3. The minimum Gasteiger partial charge on any atom is -0.314 e. The molecule has 0 atom stereocenters. The number of quaternary nitrogens is 1. The van der Waals surface area contributed by atoms with E-state index in [-0.39, 0.29) is 0 Å². The van der Waals surface area contributed by atoms with E-state index in [2.05, 4.69) is 42.6 Å². The Balaban J connectivity index is 0.000000357. The largest absolute Gasteiger partial charge is 0.314 e. The van der Waals surface area contributed by atoms with Crippen molar-refractivity contribution in [3.8, 4) is 0 Å². The first-order valence-electron chi connectivity index (χ1n) is 27.2. The molecule has 80 heavy (non-hydrogen) atoms. The summed E-state index contributed by atoms with van der Waals surface area (Å²) >= 11 is 0. The van der Waals surface area contributed by atoms with Gasteiger partial charge in [0.1, 0.15) is 58.4 Å². The van der Waals surface area contributed by atoms with Crippen LogP contribution in [0.5, 0.6) is 0 Å². The lowest BCUT2D eigenvalue weighted by Gasteiger charge is -2.44. The molecule has 0 bridgehead atoms. The Kier molecular flexibility index (Phi) is 27.7. The lowest BCUT2D eigenvalue weighted by molar-refractivity contribution is -0.572. The van der Waals surface area contributed by atoms with E-state index in [0.717, 1.165) is 0 Å². The molecule has 0 fully saturated rings. The Hall–Kier alpha value is -5.28.